The molecule has 21 heavy (non-hydrogen) atoms. The fourth-order valence-corrected chi connectivity index (χ4v) is 2.44. The first-order valence-electron chi connectivity index (χ1n) is 6.63. The Hall–Kier alpha value is -2.69. The molecule has 2 N–H and O–H groups in total. The molecule has 106 valence electrons. The highest BCUT2D eigenvalue weighted by atomic mass is 16.5. The number of benzene rings is 1. The molecule has 0 unspecified atom stereocenters. The lowest BCUT2D eigenvalue weighted by atomic mass is 9.96. The predicted octanol–water partition coefficient (Wildman–Crippen LogP) is 2.90. The maximum Gasteiger partial charge on any atom is 0.165 e. The van der Waals surface area contributed by atoms with Crippen molar-refractivity contribution in [1.82, 2.24) is 15.0 Å². The summed E-state index contributed by atoms with van der Waals surface area (Å²) >= 11 is 0. The number of fused-ring (bicyclic) bond motifs is 1. The van der Waals surface area contributed by atoms with Crippen molar-refractivity contribution in [2.24, 2.45) is 0 Å². The average Bonchev–Trinajstić information content (AvgIpc) is 2.50. The van der Waals surface area contributed by atoms with Gasteiger partial charge in [0.25, 0.3) is 0 Å². The maximum absolute atomic E-state index is 6.05. The van der Waals surface area contributed by atoms with Gasteiger partial charge in [0, 0.05) is 11.3 Å². The molecule has 0 aliphatic rings. The maximum atomic E-state index is 6.05. The first kappa shape index (κ1) is 13.3. The smallest absolute Gasteiger partial charge is 0.165 e. The van der Waals surface area contributed by atoms with Crippen LogP contribution in [0.3, 0.4) is 0 Å². The van der Waals surface area contributed by atoms with Crippen LogP contribution in [0.1, 0.15) is 11.3 Å². The highest BCUT2D eigenvalue weighted by Gasteiger charge is 2.15. The summed E-state index contributed by atoms with van der Waals surface area (Å²) in [5.74, 6) is 1.26. The molecule has 0 radical (unpaired) electrons. The number of aryl methyl sites for hydroxylation is 1. The molecule has 0 aliphatic carbocycles. The lowest BCUT2D eigenvalue weighted by Gasteiger charge is -2.13. The van der Waals surface area contributed by atoms with Crippen LogP contribution in [0.15, 0.2) is 30.6 Å². The van der Waals surface area contributed by atoms with Crippen molar-refractivity contribution in [3.8, 4) is 16.9 Å². The predicted molar refractivity (Wildman–Crippen MR) is 83.2 cm³/mol. The summed E-state index contributed by atoms with van der Waals surface area (Å²) in [6.45, 7) is 4.01. The summed E-state index contributed by atoms with van der Waals surface area (Å²) in [7, 11) is 1.65. The minimum absolute atomic E-state index is 0.446. The number of nitrogen functional groups attached to an aromatic ring is 1. The summed E-state index contributed by atoms with van der Waals surface area (Å²) in [6, 6.07) is 7.87. The van der Waals surface area contributed by atoms with Crippen LogP contribution < -0.4 is 10.5 Å². The molecule has 0 saturated heterocycles. The molecule has 3 aromatic rings. The van der Waals surface area contributed by atoms with Crippen LogP contribution in [0.2, 0.25) is 0 Å². The topological polar surface area (TPSA) is 73.9 Å². The Bertz CT molecular complexity index is 813. The number of nitrogens with two attached hydrogens (primary N) is 1. The zero-order valence-corrected chi connectivity index (χ0v) is 12.2. The zero-order valence-electron chi connectivity index (χ0n) is 12.2. The van der Waals surface area contributed by atoms with Crippen LogP contribution in [0.25, 0.3) is 22.2 Å². The van der Waals surface area contributed by atoms with E-state index in [9.17, 15) is 0 Å². The lowest BCUT2D eigenvalue weighted by Crippen LogP contribution is -2.01. The minimum atomic E-state index is 0.446. The summed E-state index contributed by atoms with van der Waals surface area (Å²) in [5, 5.41) is 0.797. The van der Waals surface area contributed by atoms with Gasteiger partial charge >= 0.3 is 0 Å². The van der Waals surface area contributed by atoms with E-state index >= 15 is 0 Å². The van der Waals surface area contributed by atoms with E-state index in [4.69, 9.17) is 10.5 Å². The van der Waals surface area contributed by atoms with Crippen LogP contribution >= 0.6 is 0 Å². The van der Waals surface area contributed by atoms with Crippen LogP contribution in [-0.4, -0.2) is 22.1 Å². The Morgan fingerprint density at radius 3 is 2.43 bits per heavy atom. The summed E-state index contributed by atoms with van der Waals surface area (Å²) in [6.07, 6.45) is 1.44. The highest BCUT2D eigenvalue weighted by molar-refractivity contribution is 6.00. The molecule has 2 aromatic heterocycles. The molecule has 5 nitrogen and oxygen atoms in total. The van der Waals surface area contributed by atoms with Crippen LogP contribution in [0.5, 0.6) is 5.75 Å². The number of aromatic nitrogens is 3. The van der Waals surface area contributed by atoms with Crippen molar-refractivity contribution in [3.63, 3.8) is 0 Å². The zero-order chi connectivity index (χ0) is 15.0. The van der Waals surface area contributed by atoms with Crippen molar-refractivity contribution in [3.05, 3.63) is 41.9 Å². The molecule has 0 aliphatic heterocycles. The van der Waals surface area contributed by atoms with Gasteiger partial charge in [-0.25, -0.2) is 15.0 Å². The van der Waals surface area contributed by atoms with Crippen LogP contribution in [-0.2, 0) is 0 Å². The normalized spacial score (nSPS) is 10.8. The van der Waals surface area contributed by atoms with Gasteiger partial charge < -0.3 is 10.5 Å². The third-order valence-corrected chi connectivity index (χ3v) is 3.68. The van der Waals surface area contributed by atoms with E-state index in [1.54, 1.807) is 7.11 Å². The first-order chi connectivity index (χ1) is 10.1. The Labute approximate surface area is 122 Å². The molecule has 0 spiro atoms. The Morgan fingerprint density at radius 2 is 1.76 bits per heavy atom. The summed E-state index contributed by atoms with van der Waals surface area (Å²) < 4.78 is 5.21. The monoisotopic (exact) mass is 280 g/mol. The molecule has 0 saturated carbocycles. The van der Waals surface area contributed by atoms with Crippen molar-refractivity contribution in [2.45, 2.75) is 13.8 Å². The SMILES string of the molecule is COc1ccc(-c2c(C)c(C)nc3ncnc(N)c23)cc1. The van der Waals surface area contributed by atoms with E-state index in [2.05, 4.69) is 15.0 Å². The molecule has 2 heterocycles. The van der Waals surface area contributed by atoms with Gasteiger partial charge in [0.1, 0.15) is 17.9 Å². The van der Waals surface area contributed by atoms with Gasteiger partial charge in [-0.05, 0) is 37.1 Å². The first-order valence-corrected chi connectivity index (χ1v) is 6.63. The number of pyridine rings is 1. The number of ether oxygens (including phenoxy) is 1. The van der Waals surface area contributed by atoms with Gasteiger partial charge in [0.15, 0.2) is 5.65 Å². The Morgan fingerprint density at radius 1 is 1.05 bits per heavy atom. The van der Waals surface area contributed by atoms with E-state index in [0.717, 1.165) is 33.5 Å². The van der Waals surface area contributed by atoms with Gasteiger partial charge in [0.2, 0.25) is 0 Å². The van der Waals surface area contributed by atoms with Gasteiger partial charge in [-0.1, -0.05) is 12.1 Å². The molecule has 5 heteroatoms. The van der Waals surface area contributed by atoms with E-state index < -0.39 is 0 Å². The van der Waals surface area contributed by atoms with Crippen LogP contribution in [0.4, 0.5) is 5.82 Å². The van der Waals surface area contributed by atoms with Crippen molar-refractivity contribution >= 4 is 16.9 Å². The molecule has 0 bridgehead atoms. The van der Waals surface area contributed by atoms with Gasteiger partial charge in [-0.15, -0.1) is 0 Å². The quantitative estimate of drug-likeness (QED) is 0.781. The number of rotatable bonds is 2. The Balaban J connectivity index is 2.36. The fourth-order valence-electron chi connectivity index (χ4n) is 2.44. The number of hydrogen-bond donors (Lipinski definition) is 1. The highest BCUT2D eigenvalue weighted by Crippen LogP contribution is 2.34. The summed E-state index contributed by atoms with van der Waals surface area (Å²) in [4.78, 5) is 12.8. The van der Waals surface area contributed by atoms with E-state index in [0.29, 0.717) is 11.5 Å². The van der Waals surface area contributed by atoms with Crippen molar-refractivity contribution in [2.75, 3.05) is 12.8 Å². The van der Waals surface area contributed by atoms with E-state index in [1.165, 1.54) is 6.33 Å². The van der Waals surface area contributed by atoms with E-state index in [1.807, 2.05) is 38.1 Å². The molecule has 1 aromatic carbocycles. The fraction of sp³-hybridized carbons (Fsp3) is 0.188. The second-order valence-electron chi connectivity index (χ2n) is 4.88. The minimum Gasteiger partial charge on any atom is -0.497 e. The number of anilines is 1. The summed E-state index contributed by atoms with van der Waals surface area (Å²) in [5.41, 5.74) is 10.8. The van der Waals surface area contributed by atoms with Crippen molar-refractivity contribution < 1.29 is 4.74 Å². The molecule has 3 rings (SSSR count). The second-order valence-corrected chi connectivity index (χ2v) is 4.88. The molecular weight excluding hydrogens is 264 g/mol. The second kappa shape index (κ2) is 5.01. The number of hydrogen-bond acceptors (Lipinski definition) is 5. The molecule has 0 atom stereocenters. The standard InChI is InChI=1S/C16H16N4O/c1-9-10(2)20-16-14(15(17)18-8-19-16)13(9)11-4-6-12(21-3)7-5-11/h4-8H,1-3H3,(H2,17,18,19,20). The third-order valence-electron chi connectivity index (χ3n) is 3.68. The van der Waals surface area contributed by atoms with E-state index in [-0.39, 0.29) is 0 Å². The van der Waals surface area contributed by atoms with Crippen molar-refractivity contribution in [1.29, 1.82) is 0 Å². The molecule has 0 fully saturated rings. The number of nitrogens with zero attached hydrogens (tertiary/aromatic N) is 3. The van der Waals surface area contributed by atoms with Gasteiger partial charge in [-0.2, -0.15) is 0 Å². The molecular formula is C16H16N4O. The molecule has 0 amide bonds. The van der Waals surface area contributed by atoms with Gasteiger partial charge in [0.05, 0.1) is 12.5 Å². The number of methoxy groups -OCH3 is 1. The lowest BCUT2D eigenvalue weighted by molar-refractivity contribution is 0.415. The van der Waals surface area contributed by atoms with Gasteiger partial charge in [-0.3, -0.25) is 0 Å². The third kappa shape index (κ3) is 2.16. The van der Waals surface area contributed by atoms with Crippen LogP contribution in [0, 0.1) is 13.8 Å². The largest absolute Gasteiger partial charge is 0.497 e. The average molecular weight is 280 g/mol. The Kier molecular flexibility index (Phi) is 3.17.